The monoisotopic (exact) mass is 234 g/mol. The van der Waals surface area contributed by atoms with E-state index in [1.165, 1.54) is 11.1 Å². The first-order chi connectivity index (χ1) is 8.04. The first-order valence-corrected chi connectivity index (χ1v) is 6.15. The van der Waals surface area contributed by atoms with Gasteiger partial charge in [0, 0.05) is 12.6 Å². The van der Waals surface area contributed by atoms with Gasteiger partial charge in [-0.3, -0.25) is 10.1 Å². The molecule has 1 amide bonds. The van der Waals surface area contributed by atoms with Gasteiger partial charge in [0.1, 0.15) is 0 Å². The van der Waals surface area contributed by atoms with Gasteiger partial charge in [-0.05, 0) is 33.3 Å². The molecule has 3 nitrogen and oxygen atoms in total. The Bertz CT molecular complexity index is 359. The zero-order valence-electron chi connectivity index (χ0n) is 11.1. The van der Waals surface area contributed by atoms with E-state index in [2.05, 4.69) is 48.7 Å². The Kier molecular flexibility index (Phi) is 5.16. The number of amides is 1. The predicted octanol–water partition coefficient (Wildman–Crippen LogP) is 2.17. The van der Waals surface area contributed by atoms with Gasteiger partial charge in [-0.1, -0.05) is 29.8 Å². The van der Waals surface area contributed by atoms with Crippen LogP contribution in [0, 0.1) is 6.92 Å². The van der Waals surface area contributed by atoms with E-state index in [4.69, 9.17) is 0 Å². The van der Waals surface area contributed by atoms with Crippen molar-refractivity contribution >= 4 is 5.91 Å². The standard InChI is InChI=1S/C14H22N2O/c1-5-15-14(17)12(4)16-11(3)13-8-6-10(2)7-9-13/h6-9,11-12,16H,5H2,1-4H3,(H,15,17)/t11-,12?/m1/s1. The van der Waals surface area contributed by atoms with Crippen LogP contribution in [0.3, 0.4) is 0 Å². The van der Waals surface area contributed by atoms with Crippen molar-refractivity contribution in [3.8, 4) is 0 Å². The molecule has 0 spiro atoms. The highest BCUT2D eigenvalue weighted by Crippen LogP contribution is 2.13. The topological polar surface area (TPSA) is 41.1 Å². The summed E-state index contributed by atoms with van der Waals surface area (Å²) in [6, 6.07) is 8.36. The second kappa shape index (κ2) is 6.40. The molecule has 0 saturated heterocycles. The van der Waals surface area contributed by atoms with Gasteiger partial charge in [-0.25, -0.2) is 0 Å². The zero-order chi connectivity index (χ0) is 12.8. The molecule has 94 valence electrons. The van der Waals surface area contributed by atoms with Crippen LogP contribution in [0.1, 0.15) is 37.9 Å². The van der Waals surface area contributed by atoms with E-state index < -0.39 is 0 Å². The van der Waals surface area contributed by atoms with Gasteiger partial charge in [0.15, 0.2) is 0 Å². The summed E-state index contributed by atoms with van der Waals surface area (Å²) in [6.07, 6.45) is 0. The molecular weight excluding hydrogens is 212 g/mol. The second-order valence-corrected chi connectivity index (χ2v) is 4.42. The number of nitrogens with one attached hydrogen (secondary N) is 2. The molecule has 17 heavy (non-hydrogen) atoms. The zero-order valence-corrected chi connectivity index (χ0v) is 11.1. The Balaban J connectivity index is 2.56. The Hall–Kier alpha value is -1.35. The van der Waals surface area contributed by atoms with Crippen molar-refractivity contribution in [1.82, 2.24) is 10.6 Å². The van der Waals surface area contributed by atoms with Crippen LogP contribution in [0.25, 0.3) is 0 Å². The lowest BCUT2D eigenvalue weighted by Gasteiger charge is -2.19. The third kappa shape index (κ3) is 4.19. The minimum atomic E-state index is -0.175. The van der Waals surface area contributed by atoms with Crippen molar-refractivity contribution in [1.29, 1.82) is 0 Å². The second-order valence-electron chi connectivity index (χ2n) is 4.42. The smallest absolute Gasteiger partial charge is 0.236 e. The molecule has 0 bridgehead atoms. The van der Waals surface area contributed by atoms with E-state index in [1.807, 2.05) is 13.8 Å². The largest absolute Gasteiger partial charge is 0.355 e. The first kappa shape index (κ1) is 13.7. The van der Waals surface area contributed by atoms with Gasteiger partial charge < -0.3 is 5.32 Å². The maximum atomic E-state index is 11.6. The van der Waals surface area contributed by atoms with E-state index >= 15 is 0 Å². The van der Waals surface area contributed by atoms with Crippen molar-refractivity contribution in [2.24, 2.45) is 0 Å². The summed E-state index contributed by atoms with van der Waals surface area (Å²) in [5.74, 6) is 0.0476. The lowest BCUT2D eigenvalue weighted by atomic mass is 10.1. The van der Waals surface area contributed by atoms with Gasteiger partial charge in [-0.15, -0.1) is 0 Å². The van der Waals surface area contributed by atoms with Crippen molar-refractivity contribution < 1.29 is 4.79 Å². The number of hydrogen-bond acceptors (Lipinski definition) is 2. The Morgan fingerprint density at radius 1 is 1.24 bits per heavy atom. The molecule has 0 fully saturated rings. The highest BCUT2D eigenvalue weighted by Gasteiger charge is 2.15. The quantitative estimate of drug-likeness (QED) is 0.820. The van der Waals surface area contributed by atoms with Crippen molar-refractivity contribution in [3.05, 3.63) is 35.4 Å². The van der Waals surface area contributed by atoms with Crippen LogP contribution in [0.15, 0.2) is 24.3 Å². The molecule has 2 atom stereocenters. The van der Waals surface area contributed by atoms with E-state index in [0.717, 1.165) is 0 Å². The molecule has 0 aromatic heterocycles. The minimum Gasteiger partial charge on any atom is -0.355 e. The third-order valence-electron chi connectivity index (χ3n) is 2.82. The number of hydrogen-bond donors (Lipinski definition) is 2. The number of rotatable bonds is 5. The summed E-state index contributed by atoms with van der Waals surface area (Å²) in [6.45, 7) is 8.62. The average Bonchev–Trinajstić information content (AvgIpc) is 2.30. The number of carbonyl (C=O) groups excluding carboxylic acids is 1. The fourth-order valence-corrected chi connectivity index (χ4v) is 1.73. The number of aryl methyl sites for hydroxylation is 1. The molecular formula is C14H22N2O. The molecule has 1 aromatic rings. The van der Waals surface area contributed by atoms with Gasteiger partial charge in [0.2, 0.25) is 5.91 Å². The summed E-state index contributed by atoms with van der Waals surface area (Å²) in [5.41, 5.74) is 2.45. The summed E-state index contributed by atoms with van der Waals surface area (Å²) >= 11 is 0. The molecule has 0 radical (unpaired) electrons. The molecule has 0 heterocycles. The highest BCUT2D eigenvalue weighted by molar-refractivity contribution is 5.81. The predicted molar refractivity (Wildman–Crippen MR) is 70.9 cm³/mol. The van der Waals surface area contributed by atoms with Crippen LogP contribution in [-0.4, -0.2) is 18.5 Å². The van der Waals surface area contributed by atoms with Gasteiger partial charge in [0.25, 0.3) is 0 Å². The van der Waals surface area contributed by atoms with Crippen LogP contribution in [0.5, 0.6) is 0 Å². The summed E-state index contributed by atoms with van der Waals surface area (Å²) in [5, 5.41) is 6.10. The molecule has 0 aliphatic heterocycles. The molecule has 1 unspecified atom stereocenters. The van der Waals surface area contributed by atoms with Crippen LogP contribution < -0.4 is 10.6 Å². The first-order valence-electron chi connectivity index (χ1n) is 6.15. The lowest BCUT2D eigenvalue weighted by Crippen LogP contribution is -2.43. The van der Waals surface area contributed by atoms with E-state index in [0.29, 0.717) is 6.54 Å². The van der Waals surface area contributed by atoms with E-state index in [9.17, 15) is 4.79 Å². The number of benzene rings is 1. The minimum absolute atomic E-state index is 0.0476. The van der Waals surface area contributed by atoms with Gasteiger partial charge in [0.05, 0.1) is 6.04 Å². The molecule has 0 aliphatic rings. The summed E-state index contributed by atoms with van der Waals surface area (Å²) in [7, 11) is 0. The Morgan fingerprint density at radius 3 is 2.35 bits per heavy atom. The fourth-order valence-electron chi connectivity index (χ4n) is 1.73. The maximum absolute atomic E-state index is 11.6. The van der Waals surface area contributed by atoms with E-state index in [-0.39, 0.29) is 18.0 Å². The molecule has 1 rings (SSSR count). The SMILES string of the molecule is CCNC(=O)C(C)N[C@H](C)c1ccc(C)cc1. The summed E-state index contributed by atoms with van der Waals surface area (Å²) in [4.78, 5) is 11.6. The average molecular weight is 234 g/mol. The molecule has 2 N–H and O–H groups in total. The molecule has 1 aromatic carbocycles. The third-order valence-corrected chi connectivity index (χ3v) is 2.82. The van der Waals surface area contributed by atoms with Crippen LogP contribution >= 0.6 is 0 Å². The summed E-state index contributed by atoms with van der Waals surface area (Å²) < 4.78 is 0. The van der Waals surface area contributed by atoms with Crippen LogP contribution in [0.2, 0.25) is 0 Å². The molecule has 0 aliphatic carbocycles. The van der Waals surface area contributed by atoms with Crippen LogP contribution in [-0.2, 0) is 4.79 Å². The van der Waals surface area contributed by atoms with Crippen LogP contribution in [0.4, 0.5) is 0 Å². The highest BCUT2D eigenvalue weighted by atomic mass is 16.2. The molecule has 3 heteroatoms. The Morgan fingerprint density at radius 2 is 1.82 bits per heavy atom. The molecule has 0 saturated carbocycles. The fraction of sp³-hybridized carbons (Fsp3) is 0.500. The Labute approximate surface area is 104 Å². The van der Waals surface area contributed by atoms with Crippen molar-refractivity contribution in [2.45, 2.75) is 39.8 Å². The van der Waals surface area contributed by atoms with Crippen molar-refractivity contribution in [2.75, 3.05) is 6.54 Å². The maximum Gasteiger partial charge on any atom is 0.236 e. The number of likely N-dealkylation sites (N-methyl/N-ethyl adjacent to an activating group) is 1. The van der Waals surface area contributed by atoms with E-state index in [1.54, 1.807) is 0 Å². The van der Waals surface area contributed by atoms with Gasteiger partial charge >= 0.3 is 0 Å². The lowest BCUT2D eigenvalue weighted by molar-refractivity contribution is -0.122. The van der Waals surface area contributed by atoms with Crippen molar-refractivity contribution in [3.63, 3.8) is 0 Å². The normalized spacial score (nSPS) is 14.1. The number of carbonyl (C=O) groups is 1. The van der Waals surface area contributed by atoms with Gasteiger partial charge in [-0.2, -0.15) is 0 Å².